The van der Waals surface area contributed by atoms with Gasteiger partial charge in [0.2, 0.25) is 5.91 Å². The fraction of sp³-hybridized carbons (Fsp3) is 0.350. The lowest BCUT2D eigenvalue weighted by Crippen LogP contribution is -2.32. The van der Waals surface area contributed by atoms with Crippen LogP contribution in [0.2, 0.25) is 0 Å². The third kappa shape index (κ3) is 4.34. The molecule has 0 radical (unpaired) electrons. The van der Waals surface area contributed by atoms with E-state index in [1.807, 2.05) is 0 Å². The van der Waals surface area contributed by atoms with Crippen LogP contribution in [0.1, 0.15) is 36.9 Å². The average Bonchev–Trinajstić information content (AvgIpc) is 3.01. The number of halogens is 1. The number of carbonyl (C=O) groups excluding carboxylic acids is 1. The van der Waals surface area contributed by atoms with Crippen molar-refractivity contribution in [2.75, 3.05) is 12.3 Å². The van der Waals surface area contributed by atoms with Gasteiger partial charge in [0.25, 0.3) is 0 Å². The molecule has 27 heavy (non-hydrogen) atoms. The molecule has 1 heterocycles. The largest absolute Gasteiger partial charge is 0.382 e. The molecule has 0 bridgehead atoms. The van der Waals surface area contributed by atoms with E-state index in [-0.39, 0.29) is 23.5 Å². The molecule has 1 aliphatic rings. The molecule has 0 saturated heterocycles. The molecule has 7 heteroatoms. The molecular weight excluding hydrogens is 345 g/mol. The molecule has 1 aromatic carbocycles. The molecule has 6 nitrogen and oxygen atoms in total. The van der Waals surface area contributed by atoms with Crippen LogP contribution < -0.4 is 11.1 Å². The number of nitrogens with zero attached hydrogens (tertiary/aromatic N) is 3. The Bertz CT molecular complexity index is 879. The maximum atomic E-state index is 13.1. The quantitative estimate of drug-likeness (QED) is 0.606. The number of hydrogen-bond acceptors (Lipinski definition) is 4. The van der Waals surface area contributed by atoms with Crippen molar-refractivity contribution < 1.29 is 9.18 Å². The molecular formula is C20H22FN5O. The summed E-state index contributed by atoms with van der Waals surface area (Å²) in [4.78, 5) is 12.1. The predicted octanol–water partition coefficient (Wildman–Crippen LogP) is 2.87. The number of aromatic nitrogens is 2. The fourth-order valence-electron chi connectivity index (χ4n) is 3.20. The lowest BCUT2D eigenvalue weighted by Gasteiger charge is -2.17. The molecule has 0 spiro atoms. The molecule has 1 aliphatic carbocycles. The van der Waals surface area contributed by atoms with Crippen molar-refractivity contribution in [3.63, 3.8) is 0 Å². The highest BCUT2D eigenvalue weighted by Crippen LogP contribution is 2.22. The highest BCUT2D eigenvalue weighted by atomic mass is 19.1. The van der Waals surface area contributed by atoms with Crippen molar-refractivity contribution in [2.24, 2.45) is 5.92 Å². The van der Waals surface area contributed by atoms with Crippen LogP contribution in [-0.2, 0) is 11.2 Å². The minimum atomic E-state index is -0.352. The minimum Gasteiger partial charge on any atom is -0.382 e. The van der Waals surface area contributed by atoms with Crippen LogP contribution in [0, 0.1) is 23.1 Å². The van der Waals surface area contributed by atoms with Gasteiger partial charge in [-0.2, -0.15) is 10.4 Å². The van der Waals surface area contributed by atoms with Gasteiger partial charge in [0.05, 0.1) is 11.4 Å². The number of carbonyl (C=O) groups is 1. The third-order valence-corrected chi connectivity index (χ3v) is 4.71. The summed E-state index contributed by atoms with van der Waals surface area (Å²) in [6.07, 6.45) is 7.97. The third-order valence-electron chi connectivity index (χ3n) is 4.71. The molecule has 0 fully saturated rings. The summed E-state index contributed by atoms with van der Waals surface area (Å²) in [6.45, 7) is 0.521. The Morgan fingerprint density at radius 3 is 2.81 bits per heavy atom. The minimum absolute atomic E-state index is 0.0537. The molecule has 1 amide bonds. The van der Waals surface area contributed by atoms with Gasteiger partial charge in [0.15, 0.2) is 0 Å². The van der Waals surface area contributed by atoms with Crippen LogP contribution in [0.4, 0.5) is 10.2 Å². The van der Waals surface area contributed by atoms with Gasteiger partial charge in [-0.05, 0) is 56.4 Å². The molecule has 1 aromatic heterocycles. The van der Waals surface area contributed by atoms with Crippen LogP contribution in [0.15, 0.2) is 36.4 Å². The summed E-state index contributed by atoms with van der Waals surface area (Å²) < 4.78 is 14.6. The van der Waals surface area contributed by atoms with Gasteiger partial charge in [0.1, 0.15) is 23.3 Å². The number of benzene rings is 1. The van der Waals surface area contributed by atoms with Gasteiger partial charge < -0.3 is 11.1 Å². The van der Waals surface area contributed by atoms with Crippen molar-refractivity contribution >= 4 is 11.7 Å². The first-order valence-corrected chi connectivity index (χ1v) is 9.06. The lowest BCUT2D eigenvalue weighted by atomic mass is 9.94. The number of aryl methyl sites for hydroxylation is 1. The average molecular weight is 367 g/mol. The topological polar surface area (TPSA) is 96.7 Å². The van der Waals surface area contributed by atoms with Crippen molar-refractivity contribution in [1.82, 2.24) is 15.1 Å². The van der Waals surface area contributed by atoms with Gasteiger partial charge >= 0.3 is 0 Å². The van der Waals surface area contributed by atoms with Gasteiger partial charge in [-0.25, -0.2) is 9.07 Å². The number of nitrogen functional groups attached to an aromatic ring is 1. The van der Waals surface area contributed by atoms with E-state index in [4.69, 9.17) is 5.73 Å². The highest BCUT2D eigenvalue weighted by molar-refractivity contribution is 5.78. The van der Waals surface area contributed by atoms with E-state index in [9.17, 15) is 14.4 Å². The first-order valence-electron chi connectivity index (χ1n) is 9.06. The fourth-order valence-corrected chi connectivity index (χ4v) is 3.20. The molecule has 0 aliphatic heterocycles. The molecule has 3 rings (SSSR count). The van der Waals surface area contributed by atoms with Gasteiger partial charge in [0, 0.05) is 12.5 Å². The second kappa shape index (κ2) is 8.49. The second-order valence-corrected chi connectivity index (χ2v) is 6.58. The first-order chi connectivity index (χ1) is 13.1. The Balaban J connectivity index is 1.60. The Labute approximate surface area is 157 Å². The van der Waals surface area contributed by atoms with E-state index in [1.54, 1.807) is 12.1 Å². The van der Waals surface area contributed by atoms with Crippen LogP contribution in [0.5, 0.6) is 0 Å². The summed E-state index contributed by atoms with van der Waals surface area (Å²) in [7, 11) is 0. The smallest absolute Gasteiger partial charge is 0.223 e. The number of nitrogens with one attached hydrogen (secondary N) is 1. The maximum absolute atomic E-state index is 13.1. The van der Waals surface area contributed by atoms with E-state index in [1.165, 1.54) is 16.8 Å². The number of nitriles is 1. The molecule has 0 unspecified atom stereocenters. The maximum Gasteiger partial charge on any atom is 0.223 e. The van der Waals surface area contributed by atoms with Crippen LogP contribution in [0.3, 0.4) is 0 Å². The Morgan fingerprint density at radius 2 is 2.15 bits per heavy atom. The van der Waals surface area contributed by atoms with E-state index in [0.717, 1.165) is 19.3 Å². The number of anilines is 1. The van der Waals surface area contributed by atoms with E-state index in [2.05, 4.69) is 28.6 Å². The number of amides is 1. The zero-order chi connectivity index (χ0) is 19.2. The zero-order valence-corrected chi connectivity index (χ0v) is 15.0. The van der Waals surface area contributed by atoms with Gasteiger partial charge in [-0.3, -0.25) is 4.79 Å². The van der Waals surface area contributed by atoms with Crippen LogP contribution in [-0.4, -0.2) is 22.2 Å². The highest BCUT2D eigenvalue weighted by Gasteiger charge is 2.19. The lowest BCUT2D eigenvalue weighted by molar-refractivity contribution is -0.125. The van der Waals surface area contributed by atoms with E-state index in [0.29, 0.717) is 36.3 Å². The Hall–Kier alpha value is -3.14. The van der Waals surface area contributed by atoms with Crippen LogP contribution in [0.25, 0.3) is 5.69 Å². The molecule has 2 aromatic rings. The van der Waals surface area contributed by atoms with Crippen molar-refractivity contribution in [1.29, 1.82) is 5.26 Å². The van der Waals surface area contributed by atoms with Gasteiger partial charge in [-0.1, -0.05) is 12.2 Å². The van der Waals surface area contributed by atoms with E-state index >= 15 is 0 Å². The monoisotopic (exact) mass is 367 g/mol. The van der Waals surface area contributed by atoms with Crippen molar-refractivity contribution in [3.8, 4) is 11.8 Å². The van der Waals surface area contributed by atoms with Crippen molar-refractivity contribution in [3.05, 3.63) is 53.5 Å². The normalized spacial score (nSPS) is 16.1. The van der Waals surface area contributed by atoms with Gasteiger partial charge in [-0.15, -0.1) is 0 Å². The van der Waals surface area contributed by atoms with Crippen molar-refractivity contribution in [2.45, 2.75) is 32.1 Å². The van der Waals surface area contributed by atoms with Crippen LogP contribution >= 0.6 is 0 Å². The van der Waals surface area contributed by atoms with E-state index < -0.39 is 0 Å². The summed E-state index contributed by atoms with van der Waals surface area (Å²) in [5.74, 6) is 0.0146. The molecule has 3 N–H and O–H groups in total. The SMILES string of the molecule is N#Cc1c(CCCNC(=O)[C@@H]2CC=CCC2)nn(-c2ccc(F)cc2)c1N. The second-order valence-electron chi connectivity index (χ2n) is 6.58. The summed E-state index contributed by atoms with van der Waals surface area (Å²) in [6, 6.07) is 7.84. The predicted molar refractivity (Wildman–Crippen MR) is 100 cm³/mol. The zero-order valence-electron chi connectivity index (χ0n) is 15.0. The number of allylic oxidation sites excluding steroid dienone is 2. The number of rotatable bonds is 6. The number of nitrogens with two attached hydrogens (primary N) is 1. The Morgan fingerprint density at radius 1 is 1.37 bits per heavy atom. The Kier molecular flexibility index (Phi) is 5.87. The molecule has 0 saturated carbocycles. The summed E-state index contributed by atoms with van der Waals surface area (Å²) >= 11 is 0. The summed E-state index contributed by atoms with van der Waals surface area (Å²) in [5.41, 5.74) is 7.54. The number of hydrogen-bond donors (Lipinski definition) is 2. The molecule has 1 atom stereocenters. The molecule has 140 valence electrons. The summed E-state index contributed by atoms with van der Waals surface area (Å²) in [5, 5.41) is 16.8. The standard InChI is InChI=1S/C20H22FN5O/c21-15-8-10-16(11-9-15)26-19(23)17(13-22)18(25-26)7-4-12-24-20(27)14-5-2-1-3-6-14/h1-2,8-11,14H,3-7,12,23H2,(H,24,27)/t14-/m1/s1. The first kappa shape index (κ1) is 18.6.